The number of hydrogen-bond donors (Lipinski definition) is 3. The fourth-order valence-corrected chi connectivity index (χ4v) is 1.38. The van der Waals surface area contributed by atoms with E-state index in [1.54, 1.807) is 13.1 Å². The SMILES string of the molecule is CNc1cc(Nc2ccc(F)c(F)c2)nc(N)n1. The molecule has 2 rings (SSSR count). The van der Waals surface area contributed by atoms with E-state index in [9.17, 15) is 8.78 Å². The molecule has 0 radical (unpaired) electrons. The first kappa shape index (κ1) is 12.0. The van der Waals surface area contributed by atoms with Crippen LogP contribution in [0.3, 0.4) is 0 Å². The fourth-order valence-electron chi connectivity index (χ4n) is 1.38. The van der Waals surface area contributed by atoms with Crippen LogP contribution in [0.2, 0.25) is 0 Å². The van der Waals surface area contributed by atoms with Crippen LogP contribution < -0.4 is 16.4 Å². The number of benzene rings is 1. The van der Waals surface area contributed by atoms with Crippen LogP contribution in [-0.2, 0) is 0 Å². The van der Waals surface area contributed by atoms with Gasteiger partial charge in [0, 0.05) is 24.9 Å². The summed E-state index contributed by atoms with van der Waals surface area (Å²) in [7, 11) is 1.68. The quantitative estimate of drug-likeness (QED) is 0.779. The highest BCUT2D eigenvalue weighted by Crippen LogP contribution is 2.19. The summed E-state index contributed by atoms with van der Waals surface area (Å²) in [6.45, 7) is 0. The van der Waals surface area contributed by atoms with Gasteiger partial charge in [0.2, 0.25) is 5.95 Å². The summed E-state index contributed by atoms with van der Waals surface area (Å²) in [6, 6.07) is 5.06. The second-order valence-electron chi connectivity index (χ2n) is 3.50. The monoisotopic (exact) mass is 251 g/mol. The van der Waals surface area contributed by atoms with Gasteiger partial charge in [-0.25, -0.2) is 8.78 Å². The van der Waals surface area contributed by atoms with E-state index in [-0.39, 0.29) is 5.95 Å². The molecule has 94 valence electrons. The highest BCUT2D eigenvalue weighted by molar-refractivity contribution is 5.60. The molecule has 0 saturated heterocycles. The molecule has 0 bridgehead atoms. The summed E-state index contributed by atoms with van der Waals surface area (Å²) in [5.41, 5.74) is 5.88. The third-order valence-corrected chi connectivity index (χ3v) is 2.19. The Labute approximate surface area is 102 Å². The zero-order chi connectivity index (χ0) is 13.1. The number of nitrogens with zero attached hydrogens (tertiary/aromatic N) is 2. The average Bonchev–Trinajstić information content (AvgIpc) is 2.33. The van der Waals surface area contributed by atoms with E-state index >= 15 is 0 Å². The van der Waals surface area contributed by atoms with Crippen molar-refractivity contribution >= 4 is 23.3 Å². The molecule has 1 heterocycles. The maximum Gasteiger partial charge on any atom is 0.223 e. The zero-order valence-corrected chi connectivity index (χ0v) is 9.54. The average molecular weight is 251 g/mol. The molecule has 0 unspecified atom stereocenters. The molecule has 1 aromatic carbocycles. The molecule has 0 atom stereocenters. The number of rotatable bonds is 3. The molecule has 1 aromatic heterocycles. The first-order valence-electron chi connectivity index (χ1n) is 5.13. The third-order valence-electron chi connectivity index (χ3n) is 2.19. The minimum atomic E-state index is -0.934. The molecule has 0 amide bonds. The van der Waals surface area contributed by atoms with E-state index in [1.807, 2.05) is 0 Å². The normalized spacial score (nSPS) is 10.2. The second kappa shape index (κ2) is 4.82. The van der Waals surface area contributed by atoms with Crippen LogP contribution in [0.5, 0.6) is 0 Å². The first-order valence-corrected chi connectivity index (χ1v) is 5.13. The van der Waals surface area contributed by atoms with Crippen molar-refractivity contribution in [2.24, 2.45) is 0 Å². The highest BCUT2D eigenvalue weighted by atomic mass is 19.2. The van der Waals surface area contributed by atoms with E-state index < -0.39 is 11.6 Å². The van der Waals surface area contributed by atoms with Gasteiger partial charge < -0.3 is 16.4 Å². The smallest absolute Gasteiger partial charge is 0.223 e. The van der Waals surface area contributed by atoms with E-state index in [4.69, 9.17) is 5.73 Å². The molecule has 0 fully saturated rings. The minimum Gasteiger partial charge on any atom is -0.373 e. The Morgan fingerprint density at radius 2 is 1.78 bits per heavy atom. The van der Waals surface area contributed by atoms with Gasteiger partial charge >= 0.3 is 0 Å². The summed E-state index contributed by atoms with van der Waals surface area (Å²) in [4.78, 5) is 7.84. The van der Waals surface area contributed by atoms with Crippen molar-refractivity contribution in [1.82, 2.24) is 9.97 Å². The Hall–Kier alpha value is -2.44. The van der Waals surface area contributed by atoms with Crippen molar-refractivity contribution in [3.05, 3.63) is 35.9 Å². The van der Waals surface area contributed by atoms with Gasteiger partial charge in [-0.05, 0) is 12.1 Å². The van der Waals surface area contributed by atoms with Crippen LogP contribution in [0, 0.1) is 11.6 Å². The zero-order valence-electron chi connectivity index (χ0n) is 9.54. The van der Waals surface area contributed by atoms with Gasteiger partial charge in [0.05, 0.1) is 0 Å². The van der Waals surface area contributed by atoms with Crippen LogP contribution >= 0.6 is 0 Å². The predicted molar refractivity (Wildman–Crippen MR) is 65.6 cm³/mol. The topological polar surface area (TPSA) is 75.9 Å². The standard InChI is InChI=1S/C11H11F2N5/c1-15-9-5-10(18-11(14)17-9)16-6-2-3-7(12)8(13)4-6/h2-5H,1H3,(H4,14,15,16,17,18). The molecule has 0 aliphatic carbocycles. The van der Waals surface area contributed by atoms with Crippen molar-refractivity contribution in [2.45, 2.75) is 0 Å². The number of nitrogens with two attached hydrogens (primary N) is 1. The number of nitrogen functional groups attached to an aromatic ring is 1. The third kappa shape index (κ3) is 2.62. The Balaban J connectivity index is 2.27. The highest BCUT2D eigenvalue weighted by Gasteiger charge is 2.05. The Bertz CT molecular complexity index is 573. The van der Waals surface area contributed by atoms with Crippen molar-refractivity contribution in [2.75, 3.05) is 23.4 Å². The maximum atomic E-state index is 13.0. The summed E-state index contributed by atoms with van der Waals surface area (Å²) in [5.74, 6) is -0.855. The van der Waals surface area contributed by atoms with Gasteiger partial charge in [-0.2, -0.15) is 9.97 Å². The van der Waals surface area contributed by atoms with Gasteiger partial charge in [0.1, 0.15) is 11.6 Å². The van der Waals surface area contributed by atoms with Gasteiger partial charge in [-0.3, -0.25) is 0 Å². The van der Waals surface area contributed by atoms with Crippen LogP contribution in [0.1, 0.15) is 0 Å². The molecule has 0 saturated carbocycles. The Morgan fingerprint density at radius 3 is 2.44 bits per heavy atom. The molecular formula is C11H11F2N5. The van der Waals surface area contributed by atoms with Gasteiger partial charge in [-0.1, -0.05) is 0 Å². The molecule has 5 nitrogen and oxygen atoms in total. The second-order valence-corrected chi connectivity index (χ2v) is 3.50. The first-order chi connectivity index (χ1) is 8.58. The van der Waals surface area contributed by atoms with Crippen LogP contribution in [0.15, 0.2) is 24.3 Å². The number of aromatic nitrogens is 2. The summed E-state index contributed by atoms with van der Waals surface area (Å²) >= 11 is 0. The van der Waals surface area contributed by atoms with Crippen molar-refractivity contribution in [3.8, 4) is 0 Å². The lowest BCUT2D eigenvalue weighted by Gasteiger charge is -2.08. The number of anilines is 4. The number of hydrogen-bond acceptors (Lipinski definition) is 5. The fraction of sp³-hybridized carbons (Fsp3) is 0.0909. The van der Waals surface area contributed by atoms with Gasteiger partial charge in [-0.15, -0.1) is 0 Å². The molecule has 18 heavy (non-hydrogen) atoms. The molecule has 4 N–H and O–H groups in total. The lowest BCUT2D eigenvalue weighted by molar-refractivity contribution is 0.509. The van der Waals surface area contributed by atoms with E-state index in [2.05, 4.69) is 20.6 Å². The molecular weight excluding hydrogens is 240 g/mol. The van der Waals surface area contributed by atoms with Gasteiger partial charge in [0.15, 0.2) is 11.6 Å². The minimum absolute atomic E-state index is 0.0759. The molecule has 0 aliphatic rings. The summed E-state index contributed by atoms with van der Waals surface area (Å²) < 4.78 is 25.8. The lowest BCUT2D eigenvalue weighted by atomic mass is 10.3. The van der Waals surface area contributed by atoms with Crippen LogP contribution in [0.25, 0.3) is 0 Å². The predicted octanol–water partition coefficient (Wildman–Crippen LogP) is 2.12. The molecule has 0 aliphatic heterocycles. The largest absolute Gasteiger partial charge is 0.373 e. The Kier molecular flexibility index (Phi) is 3.22. The van der Waals surface area contributed by atoms with E-state index in [0.29, 0.717) is 17.3 Å². The molecule has 2 aromatic rings. The molecule has 7 heteroatoms. The van der Waals surface area contributed by atoms with Crippen molar-refractivity contribution in [3.63, 3.8) is 0 Å². The van der Waals surface area contributed by atoms with E-state index in [0.717, 1.165) is 12.1 Å². The van der Waals surface area contributed by atoms with E-state index in [1.165, 1.54) is 6.07 Å². The maximum absolute atomic E-state index is 13.0. The molecule has 0 spiro atoms. The van der Waals surface area contributed by atoms with Crippen molar-refractivity contribution < 1.29 is 8.78 Å². The van der Waals surface area contributed by atoms with Gasteiger partial charge in [0.25, 0.3) is 0 Å². The number of nitrogens with one attached hydrogen (secondary N) is 2. The van der Waals surface area contributed by atoms with Crippen LogP contribution in [0.4, 0.5) is 32.1 Å². The number of halogens is 2. The van der Waals surface area contributed by atoms with Crippen molar-refractivity contribution in [1.29, 1.82) is 0 Å². The van der Waals surface area contributed by atoms with Crippen LogP contribution in [-0.4, -0.2) is 17.0 Å². The summed E-state index contributed by atoms with van der Waals surface area (Å²) in [5, 5.41) is 5.62. The Morgan fingerprint density at radius 1 is 1.06 bits per heavy atom. The summed E-state index contributed by atoms with van der Waals surface area (Å²) in [6.07, 6.45) is 0. The lowest BCUT2D eigenvalue weighted by Crippen LogP contribution is -2.03.